The molecular weight excluding hydrogens is 284 g/mol. The number of pyridine rings is 1. The highest BCUT2D eigenvalue weighted by Crippen LogP contribution is 2.67. The molecule has 21 heavy (non-hydrogen) atoms. The highest BCUT2D eigenvalue weighted by atomic mass is 35.5. The van der Waals surface area contributed by atoms with Crippen molar-refractivity contribution in [3.63, 3.8) is 0 Å². The third kappa shape index (κ3) is 3.08. The molecule has 1 aromatic rings. The molecule has 4 heteroatoms. The van der Waals surface area contributed by atoms with Gasteiger partial charge in [0, 0.05) is 17.8 Å². The van der Waals surface area contributed by atoms with E-state index in [-0.39, 0.29) is 16.7 Å². The van der Waals surface area contributed by atoms with Crippen LogP contribution in [0.25, 0.3) is 0 Å². The highest BCUT2D eigenvalue weighted by molar-refractivity contribution is 6.29. The minimum Gasteiger partial charge on any atom is -0.352 e. The lowest BCUT2D eigenvalue weighted by molar-refractivity contribution is 0.0949. The largest absolute Gasteiger partial charge is 0.352 e. The second-order valence-electron chi connectivity index (χ2n) is 7.13. The number of amides is 1. The molecule has 3 nitrogen and oxygen atoms in total. The molecule has 0 radical (unpaired) electrons. The molecule has 0 saturated heterocycles. The summed E-state index contributed by atoms with van der Waals surface area (Å²) in [5, 5.41) is 3.43. The summed E-state index contributed by atoms with van der Waals surface area (Å²) in [5.74, 6) is 0.455. The number of aromatic nitrogens is 1. The van der Waals surface area contributed by atoms with Crippen molar-refractivity contribution in [1.82, 2.24) is 10.3 Å². The maximum atomic E-state index is 12.3. The summed E-state index contributed by atoms with van der Waals surface area (Å²) >= 11 is 6.00. The van der Waals surface area contributed by atoms with Gasteiger partial charge in [-0.25, -0.2) is 4.98 Å². The summed E-state index contributed by atoms with van der Waals surface area (Å²) in [6, 6.07) is 3.48. The van der Waals surface area contributed by atoms with Crippen molar-refractivity contribution in [3.05, 3.63) is 28.5 Å². The molecule has 0 bridgehead atoms. The van der Waals surface area contributed by atoms with Crippen molar-refractivity contribution >= 4 is 17.5 Å². The van der Waals surface area contributed by atoms with Gasteiger partial charge in [0.1, 0.15) is 5.15 Å². The normalized spacial score (nSPS) is 19.3. The molecule has 1 fully saturated rings. The first-order valence-corrected chi connectivity index (χ1v) is 8.02. The van der Waals surface area contributed by atoms with Gasteiger partial charge >= 0.3 is 0 Å². The lowest BCUT2D eigenvalue weighted by atomic mass is 10.0. The van der Waals surface area contributed by atoms with E-state index in [9.17, 15) is 4.79 Å². The van der Waals surface area contributed by atoms with Crippen LogP contribution < -0.4 is 5.32 Å². The van der Waals surface area contributed by atoms with Gasteiger partial charge in [0.15, 0.2) is 0 Å². The number of carbonyl (C=O) groups is 1. The zero-order valence-corrected chi connectivity index (χ0v) is 14.3. The van der Waals surface area contributed by atoms with Crippen molar-refractivity contribution in [3.8, 4) is 0 Å². The molecule has 1 aliphatic carbocycles. The van der Waals surface area contributed by atoms with Crippen LogP contribution in [0.2, 0.25) is 5.15 Å². The second kappa shape index (κ2) is 5.60. The Kier molecular flexibility index (Phi) is 4.34. The molecule has 0 aliphatic heterocycles. The fourth-order valence-corrected chi connectivity index (χ4v) is 3.43. The van der Waals surface area contributed by atoms with Crippen LogP contribution >= 0.6 is 11.6 Å². The van der Waals surface area contributed by atoms with Crippen molar-refractivity contribution in [2.75, 3.05) is 6.54 Å². The van der Waals surface area contributed by atoms with Crippen molar-refractivity contribution in [2.45, 2.75) is 47.5 Å². The molecule has 0 unspecified atom stereocenters. The molecule has 0 aromatic carbocycles. The van der Waals surface area contributed by atoms with Gasteiger partial charge in [-0.3, -0.25) is 4.79 Å². The Morgan fingerprint density at radius 1 is 1.29 bits per heavy atom. The Morgan fingerprint density at radius 2 is 1.90 bits per heavy atom. The molecule has 1 N–H and O–H groups in total. The lowest BCUT2D eigenvalue weighted by Gasteiger charge is -2.08. The van der Waals surface area contributed by atoms with Gasteiger partial charge in [-0.15, -0.1) is 0 Å². The molecule has 1 aromatic heterocycles. The number of nitrogens with one attached hydrogen (secondary N) is 1. The van der Waals surface area contributed by atoms with Gasteiger partial charge in [0.25, 0.3) is 5.91 Å². The van der Waals surface area contributed by atoms with Crippen LogP contribution in [0.3, 0.4) is 0 Å². The van der Waals surface area contributed by atoms with E-state index in [1.54, 1.807) is 6.07 Å². The summed E-state index contributed by atoms with van der Waals surface area (Å²) in [6.07, 6.45) is 1.82. The number of hydrogen-bond acceptors (Lipinski definition) is 2. The minimum atomic E-state index is -0.0600. The fraction of sp³-hybridized carbons (Fsp3) is 0.647. The van der Waals surface area contributed by atoms with Gasteiger partial charge in [-0.05, 0) is 35.3 Å². The number of hydrogen-bond donors (Lipinski definition) is 1. The summed E-state index contributed by atoms with van der Waals surface area (Å²) in [7, 11) is 0. The molecule has 0 spiro atoms. The van der Waals surface area contributed by atoms with E-state index >= 15 is 0 Å². The Hall–Kier alpha value is -1.09. The third-order valence-corrected chi connectivity index (χ3v) is 5.60. The van der Waals surface area contributed by atoms with Gasteiger partial charge in [-0.1, -0.05) is 52.6 Å². The number of nitrogens with zero attached hydrogens (tertiary/aromatic N) is 1. The van der Waals surface area contributed by atoms with Crippen LogP contribution in [-0.2, 0) is 6.42 Å². The monoisotopic (exact) mass is 308 g/mol. The number of rotatable bonds is 5. The summed E-state index contributed by atoms with van der Waals surface area (Å²) in [6.45, 7) is 11.8. The first kappa shape index (κ1) is 16.3. The Labute approximate surface area is 132 Å². The number of aryl methyl sites for hydroxylation is 1. The van der Waals surface area contributed by atoms with Crippen LogP contribution in [0, 0.1) is 16.7 Å². The lowest BCUT2D eigenvalue weighted by Crippen LogP contribution is -2.27. The highest BCUT2D eigenvalue weighted by Gasteiger charge is 2.64. The maximum absolute atomic E-state index is 12.3. The van der Waals surface area contributed by atoms with Crippen molar-refractivity contribution < 1.29 is 4.79 Å². The standard InChI is InChI=1S/C17H25ClN2O/c1-6-7-12-8-11(9-14(18)20-12)15(21)19-10-13-16(2,3)17(13,4)5/h8-9,13H,6-7,10H2,1-5H3,(H,19,21). The van der Waals surface area contributed by atoms with E-state index < -0.39 is 0 Å². The predicted octanol–water partition coefficient (Wildman–Crippen LogP) is 4.10. The molecule has 1 heterocycles. The average Bonchev–Trinajstić information content (AvgIpc) is 2.76. The van der Waals surface area contributed by atoms with Crippen LogP contribution in [0.5, 0.6) is 0 Å². The zero-order chi connectivity index (χ0) is 15.8. The van der Waals surface area contributed by atoms with Crippen LogP contribution in [0.15, 0.2) is 12.1 Å². The molecule has 1 amide bonds. The van der Waals surface area contributed by atoms with E-state index in [4.69, 9.17) is 11.6 Å². The number of carbonyl (C=O) groups excluding carboxylic acids is 1. The Bertz CT molecular complexity index is 538. The molecule has 2 rings (SSSR count). The fourth-order valence-electron chi connectivity index (χ4n) is 3.21. The summed E-state index contributed by atoms with van der Waals surface area (Å²) < 4.78 is 0. The number of halogens is 1. The van der Waals surface area contributed by atoms with Gasteiger partial charge in [-0.2, -0.15) is 0 Å². The maximum Gasteiger partial charge on any atom is 0.251 e. The van der Waals surface area contributed by atoms with E-state index in [2.05, 4.69) is 44.9 Å². The first-order valence-electron chi connectivity index (χ1n) is 7.64. The van der Waals surface area contributed by atoms with Crippen LogP contribution in [0.4, 0.5) is 0 Å². The molecule has 0 atom stereocenters. The zero-order valence-electron chi connectivity index (χ0n) is 13.6. The quantitative estimate of drug-likeness (QED) is 0.832. The van der Waals surface area contributed by atoms with E-state index in [0.29, 0.717) is 23.2 Å². The van der Waals surface area contributed by atoms with Gasteiger partial charge in [0.2, 0.25) is 0 Å². The van der Waals surface area contributed by atoms with Crippen LogP contribution in [0.1, 0.15) is 57.1 Å². The van der Waals surface area contributed by atoms with E-state index in [1.165, 1.54) is 0 Å². The van der Waals surface area contributed by atoms with Crippen LogP contribution in [-0.4, -0.2) is 17.4 Å². The molecule has 1 aliphatic rings. The predicted molar refractivity (Wildman–Crippen MR) is 86.6 cm³/mol. The molecule has 1 saturated carbocycles. The smallest absolute Gasteiger partial charge is 0.251 e. The molecular formula is C17H25ClN2O. The SMILES string of the molecule is CCCc1cc(C(=O)NCC2C(C)(C)C2(C)C)cc(Cl)n1. The summed E-state index contributed by atoms with van der Waals surface area (Å²) in [5.41, 5.74) is 2.05. The third-order valence-electron chi connectivity index (χ3n) is 5.40. The van der Waals surface area contributed by atoms with E-state index in [0.717, 1.165) is 18.5 Å². The van der Waals surface area contributed by atoms with E-state index in [1.807, 2.05) is 6.07 Å². The average molecular weight is 309 g/mol. The first-order chi connectivity index (χ1) is 9.70. The molecule has 116 valence electrons. The topological polar surface area (TPSA) is 42.0 Å². The minimum absolute atomic E-state index is 0.0600. The Morgan fingerprint density at radius 3 is 2.43 bits per heavy atom. The van der Waals surface area contributed by atoms with Crippen molar-refractivity contribution in [1.29, 1.82) is 0 Å². The second-order valence-corrected chi connectivity index (χ2v) is 7.51. The Balaban J connectivity index is 2.01. The van der Waals surface area contributed by atoms with Gasteiger partial charge < -0.3 is 5.32 Å². The summed E-state index contributed by atoms with van der Waals surface area (Å²) in [4.78, 5) is 16.6. The van der Waals surface area contributed by atoms with Gasteiger partial charge in [0.05, 0.1) is 0 Å². The van der Waals surface area contributed by atoms with Crippen molar-refractivity contribution in [2.24, 2.45) is 16.7 Å².